The number of aromatic nitrogens is 2. The number of ether oxygens (including phenoxy) is 2. The number of hydrazine groups is 1. The van der Waals surface area contributed by atoms with Gasteiger partial charge in [0.15, 0.2) is 0 Å². The maximum atomic E-state index is 5.90. The topological polar surface area (TPSA) is 71.5 Å². The number of benzene rings is 1. The highest BCUT2D eigenvalue weighted by atomic mass is 16.5. The van der Waals surface area contributed by atoms with E-state index in [0.717, 1.165) is 44.8 Å². The summed E-state index contributed by atoms with van der Waals surface area (Å²) in [6, 6.07) is 11.0. The highest BCUT2D eigenvalue weighted by Gasteiger charge is 2.31. The second-order valence-corrected chi connectivity index (χ2v) is 7.19. The quantitative estimate of drug-likeness (QED) is 0.804. The van der Waals surface area contributed by atoms with E-state index in [1.54, 1.807) is 25.6 Å². The highest BCUT2D eigenvalue weighted by molar-refractivity contribution is 5.30. The van der Waals surface area contributed by atoms with Gasteiger partial charge in [-0.3, -0.25) is 5.43 Å². The van der Waals surface area contributed by atoms with E-state index in [1.807, 2.05) is 12.1 Å². The maximum Gasteiger partial charge on any atom is 0.316 e. The van der Waals surface area contributed by atoms with Crippen molar-refractivity contribution in [3.8, 4) is 11.8 Å². The summed E-state index contributed by atoms with van der Waals surface area (Å²) in [7, 11) is 1.70. The molecule has 2 aromatic rings. The molecule has 2 atom stereocenters. The second kappa shape index (κ2) is 8.65. The largest absolute Gasteiger partial charge is 0.497 e. The lowest BCUT2D eigenvalue weighted by molar-refractivity contribution is 0.0839. The zero-order chi connectivity index (χ0) is 18.5. The lowest BCUT2D eigenvalue weighted by Crippen LogP contribution is -2.42. The number of piperidine rings is 1. The van der Waals surface area contributed by atoms with Gasteiger partial charge in [0.05, 0.1) is 13.2 Å². The molecule has 3 heterocycles. The minimum Gasteiger partial charge on any atom is -0.497 e. The van der Waals surface area contributed by atoms with E-state index < -0.39 is 0 Å². The Balaban J connectivity index is 1.29. The lowest BCUT2D eigenvalue weighted by atomic mass is 9.93. The molecule has 1 aromatic heterocycles. The van der Waals surface area contributed by atoms with Crippen LogP contribution in [0, 0.1) is 5.92 Å². The minimum absolute atomic E-state index is 0.209. The van der Waals surface area contributed by atoms with Crippen LogP contribution in [-0.4, -0.2) is 54.3 Å². The first kappa shape index (κ1) is 18.2. The molecule has 2 aliphatic heterocycles. The van der Waals surface area contributed by atoms with Crippen molar-refractivity contribution in [3.63, 3.8) is 0 Å². The molecule has 7 nitrogen and oxygen atoms in total. The van der Waals surface area contributed by atoms with E-state index in [1.165, 1.54) is 5.56 Å². The summed E-state index contributed by atoms with van der Waals surface area (Å²) in [5.74, 6) is 1.43. The van der Waals surface area contributed by atoms with Crippen LogP contribution in [0.1, 0.15) is 24.4 Å². The van der Waals surface area contributed by atoms with Gasteiger partial charge in [-0.2, -0.15) is 0 Å². The van der Waals surface area contributed by atoms with Crippen molar-refractivity contribution in [2.24, 2.45) is 5.92 Å². The summed E-state index contributed by atoms with van der Waals surface area (Å²) in [5, 5.41) is 0. The van der Waals surface area contributed by atoms with E-state index >= 15 is 0 Å². The van der Waals surface area contributed by atoms with Crippen LogP contribution < -0.4 is 20.3 Å². The molecule has 2 aliphatic rings. The van der Waals surface area contributed by atoms with Crippen molar-refractivity contribution in [1.29, 1.82) is 0 Å². The molecule has 1 aromatic carbocycles. The molecular formula is C20H27N5O2. The molecule has 144 valence electrons. The molecule has 0 radical (unpaired) electrons. The van der Waals surface area contributed by atoms with E-state index in [-0.39, 0.29) is 6.10 Å². The number of rotatable bonds is 6. The van der Waals surface area contributed by atoms with Gasteiger partial charge >= 0.3 is 6.01 Å². The Morgan fingerprint density at radius 2 is 1.85 bits per heavy atom. The first-order valence-electron chi connectivity index (χ1n) is 9.60. The van der Waals surface area contributed by atoms with Gasteiger partial charge in [0, 0.05) is 44.5 Å². The van der Waals surface area contributed by atoms with Crippen LogP contribution >= 0.6 is 0 Å². The summed E-state index contributed by atoms with van der Waals surface area (Å²) in [4.78, 5) is 10.9. The minimum atomic E-state index is 0.209. The van der Waals surface area contributed by atoms with Gasteiger partial charge in [0.25, 0.3) is 0 Å². The fraction of sp³-hybridized carbons (Fsp3) is 0.500. The standard InChI is InChI=1S/C20H27N5O2/c1-26-17-5-3-15(4-6-17)19-16(13-23-24-19)14-25-11-7-18(8-12-25)27-20-21-9-2-10-22-20/h2-6,9-10,16,18-19,23-24H,7-8,11-14H2,1H3. The van der Waals surface area contributed by atoms with Crippen LogP contribution in [0.15, 0.2) is 42.7 Å². The fourth-order valence-corrected chi connectivity index (χ4v) is 3.91. The van der Waals surface area contributed by atoms with Crippen molar-refractivity contribution in [1.82, 2.24) is 25.7 Å². The SMILES string of the molecule is COc1ccc(C2NNCC2CN2CCC(Oc3ncccn3)CC2)cc1. The van der Waals surface area contributed by atoms with Gasteiger partial charge in [-0.25, -0.2) is 15.4 Å². The van der Waals surface area contributed by atoms with Gasteiger partial charge in [-0.05, 0) is 36.6 Å². The van der Waals surface area contributed by atoms with Crippen LogP contribution in [0.2, 0.25) is 0 Å². The van der Waals surface area contributed by atoms with Crippen molar-refractivity contribution in [2.75, 3.05) is 33.3 Å². The Bertz CT molecular complexity index is 704. The molecular weight excluding hydrogens is 342 g/mol. The van der Waals surface area contributed by atoms with E-state index in [2.05, 4.69) is 37.9 Å². The fourth-order valence-electron chi connectivity index (χ4n) is 3.91. The monoisotopic (exact) mass is 369 g/mol. The highest BCUT2D eigenvalue weighted by Crippen LogP contribution is 2.28. The average molecular weight is 369 g/mol. The number of nitrogens with zero attached hydrogens (tertiary/aromatic N) is 3. The van der Waals surface area contributed by atoms with Crippen LogP contribution in [0.3, 0.4) is 0 Å². The normalized spacial score (nSPS) is 24.0. The van der Waals surface area contributed by atoms with Crippen molar-refractivity contribution < 1.29 is 9.47 Å². The van der Waals surface area contributed by atoms with E-state index in [0.29, 0.717) is 18.0 Å². The average Bonchev–Trinajstić information content (AvgIpc) is 3.18. The van der Waals surface area contributed by atoms with Crippen molar-refractivity contribution in [2.45, 2.75) is 25.0 Å². The molecule has 2 N–H and O–H groups in total. The lowest BCUT2D eigenvalue weighted by Gasteiger charge is -2.34. The smallest absolute Gasteiger partial charge is 0.316 e. The molecule has 27 heavy (non-hydrogen) atoms. The molecule has 0 spiro atoms. The molecule has 2 fully saturated rings. The van der Waals surface area contributed by atoms with E-state index in [4.69, 9.17) is 9.47 Å². The zero-order valence-electron chi connectivity index (χ0n) is 15.7. The third-order valence-electron chi connectivity index (χ3n) is 5.41. The molecule has 0 saturated carbocycles. The molecule has 4 rings (SSSR count). The first-order valence-corrected chi connectivity index (χ1v) is 9.60. The predicted octanol–water partition coefficient (Wildman–Crippen LogP) is 1.79. The zero-order valence-corrected chi connectivity index (χ0v) is 15.7. The predicted molar refractivity (Wildman–Crippen MR) is 102 cm³/mol. The van der Waals surface area contributed by atoms with Crippen molar-refractivity contribution >= 4 is 0 Å². The van der Waals surface area contributed by atoms with Crippen LogP contribution in [-0.2, 0) is 0 Å². The van der Waals surface area contributed by atoms with Gasteiger partial charge in [-0.1, -0.05) is 12.1 Å². The molecule has 2 saturated heterocycles. The first-order chi connectivity index (χ1) is 13.3. The number of likely N-dealkylation sites (tertiary alicyclic amines) is 1. The van der Waals surface area contributed by atoms with Crippen LogP contribution in [0.4, 0.5) is 0 Å². The molecule has 2 unspecified atom stereocenters. The van der Waals surface area contributed by atoms with Gasteiger partial charge in [0.2, 0.25) is 0 Å². The van der Waals surface area contributed by atoms with Gasteiger partial charge in [0.1, 0.15) is 11.9 Å². The summed E-state index contributed by atoms with van der Waals surface area (Å²) in [5.41, 5.74) is 8.06. The number of hydrogen-bond acceptors (Lipinski definition) is 7. The number of hydrogen-bond donors (Lipinski definition) is 2. The second-order valence-electron chi connectivity index (χ2n) is 7.19. The third kappa shape index (κ3) is 4.55. The Morgan fingerprint density at radius 1 is 1.11 bits per heavy atom. The summed E-state index contributed by atoms with van der Waals surface area (Å²) in [6.45, 7) is 4.14. The van der Waals surface area contributed by atoms with Crippen LogP contribution in [0.5, 0.6) is 11.8 Å². The Labute approximate surface area is 160 Å². The third-order valence-corrected chi connectivity index (χ3v) is 5.41. The Morgan fingerprint density at radius 3 is 2.56 bits per heavy atom. The molecule has 7 heteroatoms. The summed E-state index contributed by atoms with van der Waals surface area (Å²) in [6.07, 6.45) is 5.67. The number of nitrogens with one attached hydrogen (secondary N) is 2. The Kier molecular flexibility index (Phi) is 5.81. The Hall–Kier alpha value is -2.22. The molecule has 0 aliphatic carbocycles. The molecule has 0 bridgehead atoms. The van der Waals surface area contributed by atoms with Crippen LogP contribution in [0.25, 0.3) is 0 Å². The number of methoxy groups -OCH3 is 1. The van der Waals surface area contributed by atoms with E-state index in [9.17, 15) is 0 Å². The summed E-state index contributed by atoms with van der Waals surface area (Å²) >= 11 is 0. The van der Waals surface area contributed by atoms with Gasteiger partial charge in [-0.15, -0.1) is 0 Å². The molecule has 0 amide bonds. The van der Waals surface area contributed by atoms with Gasteiger partial charge < -0.3 is 14.4 Å². The summed E-state index contributed by atoms with van der Waals surface area (Å²) < 4.78 is 11.2. The maximum absolute atomic E-state index is 5.90. The van der Waals surface area contributed by atoms with Crippen molar-refractivity contribution in [3.05, 3.63) is 48.3 Å².